The topological polar surface area (TPSA) is 94.1 Å². The van der Waals surface area contributed by atoms with Crippen LogP contribution in [0.2, 0.25) is 0 Å². The molecule has 1 heterocycles. The van der Waals surface area contributed by atoms with E-state index in [1.807, 2.05) is 4.90 Å². The molecular formula is C12H25N5O3S. The number of sulfonamides is 1. The largest absolute Gasteiger partial charge is 0.347 e. The quantitative estimate of drug-likeness (QED) is 0.483. The molecule has 1 fully saturated rings. The molecule has 0 bridgehead atoms. The molecule has 8 nitrogen and oxygen atoms in total. The molecule has 0 spiro atoms. The summed E-state index contributed by atoms with van der Waals surface area (Å²) in [6.45, 7) is 3.28. The van der Waals surface area contributed by atoms with Crippen molar-refractivity contribution in [2.45, 2.75) is 18.6 Å². The van der Waals surface area contributed by atoms with Crippen molar-refractivity contribution in [3.8, 4) is 0 Å². The minimum absolute atomic E-state index is 0.0628. The van der Waals surface area contributed by atoms with Gasteiger partial charge in [-0.2, -0.15) is 0 Å². The Bertz CT molecular complexity index is 489. The van der Waals surface area contributed by atoms with Crippen LogP contribution in [0.4, 0.5) is 0 Å². The van der Waals surface area contributed by atoms with Crippen molar-refractivity contribution in [2.24, 2.45) is 4.99 Å². The summed E-state index contributed by atoms with van der Waals surface area (Å²) in [4.78, 5) is 19.0. The maximum atomic E-state index is 12.0. The summed E-state index contributed by atoms with van der Waals surface area (Å²) in [6, 6.07) is 0. The number of carbonyl (C=O) groups is 1. The third kappa shape index (κ3) is 4.85. The van der Waals surface area contributed by atoms with E-state index in [-0.39, 0.29) is 12.5 Å². The van der Waals surface area contributed by atoms with Crippen LogP contribution in [0, 0.1) is 0 Å². The summed E-state index contributed by atoms with van der Waals surface area (Å²) in [5.74, 6) is 0.492. The molecule has 9 heteroatoms. The first-order valence-corrected chi connectivity index (χ1v) is 8.50. The van der Waals surface area contributed by atoms with Crippen LogP contribution in [0.25, 0.3) is 0 Å². The van der Waals surface area contributed by atoms with Crippen molar-refractivity contribution in [1.82, 2.24) is 19.8 Å². The number of likely N-dealkylation sites (N-methyl/N-ethyl adjacent to an activating group) is 1. The summed E-state index contributed by atoms with van der Waals surface area (Å²) < 4.78 is 26.5. The van der Waals surface area contributed by atoms with Crippen molar-refractivity contribution in [1.29, 1.82) is 0 Å². The van der Waals surface area contributed by atoms with Gasteiger partial charge in [0.15, 0.2) is 5.96 Å². The van der Waals surface area contributed by atoms with E-state index < -0.39 is 15.3 Å². The van der Waals surface area contributed by atoms with Crippen molar-refractivity contribution in [2.75, 3.05) is 47.3 Å². The van der Waals surface area contributed by atoms with Crippen molar-refractivity contribution >= 4 is 21.9 Å². The van der Waals surface area contributed by atoms with E-state index in [0.29, 0.717) is 32.0 Å². The second kappa shape index (κ2) is 7.60. The molecule has 0 aromatic heterocycles. The van der Waals surface area contributed by atoms with Crippen LogP contribution in [0.5, 0.6) is 0 Å². The maximum absolute atomic E-state index is 12.0. The van der Waals surface area contributed by atoms with Crippen LogP contribution in [0.1, 0.15) is 13.3 Å². The number of rotatable bonds is 5. The highest BCUT2D eigenvalue weighted by Crippen LogP contribution is 2.16. The Kier molecular flexibility index (Phi) is 6.41. The lowest BCUT2D eigenvalue weighted by Crippen LogP contribution is -2.45. The lowest BCUT2D eigenvalue weighted by Gasteiger charge is -2.22. The van der Waals surface area contributed by atoms with Gasteiger partial charge in [-0.25, -0.2) is 13.1 Å². The number of aliphatic imine (C=N–C) groups is 1. The van der Waals surface area contributed by atoms with Gasteiger partial charge in [-0.05, 0) is 6.42 Å². The number of nitrogens with zero attached hydrogens (tertiary/aromatic N) is 3. The van der Waals surface area contributed by atoms with Crippen LogP contribution in [-0.4, -0.2) is 82.7 Å². The first-order valence-electron chi connectivity index (χ1n) is 6.96. The Balaban J connectivity index is 2.60. The fraction of sp³-hybridized carbons (Fsp3) is 0.833. The second-order valence-corrected chi connectivity index (χ2v) is 7.13. The SMILES string of the molecule is CCNS(=O)(=O)C1CCN(C(=NC)NCC(=O)N(C)C)C1. The Morgan fingerprint density at radius 3 is 2.62 bits per heavy atom. The van der Waals surface area contributed by atoms with E-state index in [4.69, 9.17) is 0 Å². The molecule has 1 aliphatic heterocycles. The summed E-state index contributed by atoms with van der Waals surface area (Å²) in [7, 11) is 1.70. The van der Waals surface area contributed by atoms with Crippen LogP contribution >= 0.6 is 0 Å². The Labute approximate surface area is 126 Å². The van der Waals surface area contributed by atoms with Gasteiger partial charge in [-0.1, -0.05) is 6.92 Å². The molecule has 1 atom stereocenters. The van der Waals surface area contributed by atoms with E-state index in [9.17, 15) is 13.2 Å². The molecule has 21 heavy (non-hydrogen) atoms. The number of likely N-dealkylation sites (tertiary alicyclic amines) is 1. The summed E-state index contributed by atoms with van der Waals surface area (Å²) in [5, 5.41) is 2.52. The van der Waals surface area contributed by atoms with E-state index in [1.165, 1.54) is 4.90 Å². The lowest BCUT2D eigenvalue weighted by atomic mass is 10.4. The minimum atomic E-state index is -3.28. The van der Waals surface area contributed by atoms with E-state index in [2.05, 4.69) is 15.0 Å². The van der Waals surface area contributed by atoms with Crippen LogP contribution in [0.15, 0.2) is 4.99 Å². The molecule has 0 aromatic carbocycles. The average molecular weight is 319 g/mol. The van der Waals surface area contributed by atoms with Gasteiger partial charge >= 0.3 is 0 Å². The molecule has 122 valence electrons. The fourth-order valence-electron chi connectivity index (χ4n) is 2.14. The molecule has 1 saturated heterocycles. The molecule has 0 aromatic rings. The van der Waals surface area contributed by atoms with Gasteiger partial charge in [0.25, 0.3) is 0 Å². The highest BCUT2D eigenvalue weighted by molar-refractivity contribution is 7.90. The Morgan fingerprint density at radius 2 is 2.10 bits per heavy atom. The Hall–Kier alpha value is -1.35. The molecule has 1 unspecified atom stereocenters. The molecule has 0 saturated carbocycles. The van der Waals surface area contributed by atoms with Crippen molar-refractivity contribution in [3.63, 3.8) is 0 Å². The number of nitrogens with one attached hydrogen (secondary N) is 2. The fourth-order valence-corrected chi connectivity index (χ4v) is 3.57. The first-order chi connectivity index (χ1) is 9.81. The zero-order valence-corrected chi connectivity index (χ0v) is 13.9. The third-order valence-electron chi connectivity index (χ3n) is 3.34. The van der Waals surface area contributed by atoms with Crippen LogP contribution < -0.4 is 10.0 Å². The summed E-state index contributed by atoms with van der Waals surface area (Å²) in [5.41, 5.74) is 0. The second-order valence-electron chi connectivity index (χ2n) is 5.09. The van der Waals surface area contributed by atoms with E-state index >= 15 is 0 Å². The van der Waals surface area contributed by atoms with Gasteiger partial charge in [-0.3, -0.25) is 9.79 Å². The predicted octanol–water partition coefficient (Wildman–Crippen LogP) is -1.34. The minimum Gasteiger partial charge on any atom is -0.347 e. The molecule has 1 aliphatic rings. The van der Waals surface area contributed by atoms with Gasteiger partial charge in [0, 0.05) is 40.8 Å². The van der Waals surface area contributed by atoms with Crippen molar-refractivity contribution < 1.29 is 13.2 Å². The monoisotopic (exact) mass is 319 g/mol. The van der Waals surface area contributed by atoms with E-state index in [0.717, 1.165) is 0 Å². The zero-order chi connectivity index (χ0) is 16.0. The maximum Gasteiger partial charge on any atom is 0.241 e. The first kappa shape index (κ1) is 17.7. The number of hydrogen-bond acceptors (Lipinski definition) is 4. The average Bonchev–Trinajstić information content (AvgIpc) is 2.89. The lowest BCUT2D eigenvalue weighted by molar-refractivity contribution is -0.127. The van der Waals surface area contributed by atoms with Gasteiger partial charge in [-0.15, -0.1) is 0 Å². The number of hydrogen-bond donors (Lipinski definition) is 2. The van der Waals surface area contributed by atoms with Gasteiger partial charge in [0.1, 0.15) is 0 Å². The molecule has 0 aliphatic carbocycles. The molecule has 2 N–H and O–H groups in total. The standard InChI is InChI=1S/C12H25N5O3S/c1-5-15-21(19,20)10-6-7-17(9-10)12(13-2)14-8-11(18)16(3)4/h10,15H,5-9H2,1-4H3,(H,13,14). The molecule has 1 amide bonds. The molecular weight excluding hydrogens is 294 g/mol. The van der Waals surface area contributed by atoms with E-state index in [1.54, 1.807) is 28.1 Å². The van der Waals surface area contributed by atoms with Gasteiger partial charge in [0.2, 0.25) is 15.9 Å². The van der Waals surface area contributed by atoms with Gasteiger partial charge in [0.05, 0.1) is 11.8 Å². The summed E-state index contributed by atoms with van der Waals surface area (Å²) >= 11 is 0. The summed E-state index contributed by atoms with van der Waals surface area (Å²) in [6.07, 6.45) is 0.553. The van der Waals surface area contributed by atoms with Crippen LogP contribution in [0.3, 0.4) is 0 Å². The highest BCUT2D eigenvalue weighted by Gasteiger charge is 2.33. The highest BCUT2D eigenvalue weighted by atomic mass is 32.2. The third-order valence-corrected chi connectivity index (χ3v) is 5.29. The normalized spacial score (nSPS) is 19.7. The van der Waals surface area contributed by atoms with Crippen molar-refractivity contribution in [3.05, 3.63) is 0 Å². The smallest absolute Gasteiger partial charge is 0.241 e. The molecule has 1 rings (SSSR count). The number of carbonyl (C=O) groups excluding carboxylic acids is 1. The van der Waals surface area contributed by atoms with Gasteiger partial charge < -0.3 is 15.1 Å². The predicted molar refractivity (Wildman–Crippen MR) is 82.6 cm³/mol. The zero-order valence-electron chi connectivity index (χ0n) is 13.1. The number of amides is 1. The number of guanidine groups is 1. The molecule has 0 radical (unpaired) electrons. The Morgan fingerprint density at radius 1 is 1.43 bits per heavy atom. The van der Waals surface area contributed by atoms with Crippen LogP contribution in [-0.2, 0) is 14.8 Å².